The topological polar surface area (TPSA) is 50.4 Å². The Bertz CT molecular complexity index is 946. The van der Waals surface area contributed by atoms with E-state index >= 15 is 0 Å². The number of benzene rings is 3. The normalized spacial score (nSPS) is 12.4. The summed E-state index contributed by atoms with van der Waals surface area (Å²) in [6.07, 6.45) is -4.47. The Labute approximate surface area is 150 Å². The molecule has 0 bridgehead atoms. The minimum Gasteiger partial charge on any atom is -0.369 e. The molecule has 0 spiro atoms. The van der Waals surface area contributed by atoms with E-state index in [1.807, 2.05) is 42.5 Å². The van der Waals surface area contributed by atoms with Gasteiger partial charge in [0.25, 0.3) is 0 Å². The molecule has 0 aliphatic heterocycles. The zero-order valence-electron chi connectivity index (χ0n) is 12.8. The molecule has 0 atom stereocenters. The SMILES string of the molecule is NC(=Nc1cccc(C(F)(F)F)c1Br)Nc1cccc2ccccc12. The lowest BCUT2D eigenvalue weighted by Crippen LogP contribution is -2.22. The van der Waals surface area contributed by atoms with E-state index in [9.17, 15) is 13.2 Å². The molecule has 0 radical (unpaired) electrons. The average Bonchev–Trinajstić information content (AvgIpc) is 2.56. The number of rotatable bonds is 2. The molecule has 7 heteroatoms. The van der Waals surface area contributed by atoms with Gasteiger partial charge in [0, 0.05) is 11.1 Å². The molecule has 25 heavy (non-hydrogen) atoms. The molecule has 0 unspecified atom stereocenters. The van der Waals surface area contributed by atoms with Crippen LogP contribution < -0.4 is 11.1 Å². The molecule has 0 saturated carbocycles. The van der Waals surface area contributed by atoms with Crippen LogP contribution in [-0.4, -0.2) is 5.96 Å². The van der Waals surface area contributed by atoms with Gasteiger partial charge < -0.3 is 11.1 Å². The first-order valence-electron chi connectivity index (χ1n) is 7.31. The fourth-order valence-electron chi connectivity index (χ4n) is 2.46. The zero-order valence-corrected chi connectivity index (χ0v) is 14.4. The van der Waals surface area contributed by atoms with Crippen LogP contribution in [0.2, 0.25) is 0 Å². The molecular formula is C18H13BrF3N3. The van der Waals surface area contributed by atoms with E-state index < -0.39 is 11.7 Å². The van der Waals surface area contributed by atoms with Crippen LogP contribution in [-0.2, 0) is 6.18 Å². The fraction of sp³-hybridized carbons (Fsp3) is 0.0556. The first kappa shape index (κ1) is 17.3. The molecule has 0 aliphatic carbocycles. The molecule has 3 rings (SSSR count). The van der Waals surface area contributed by atoms with Crippen molar-refractivity contribution in [1.29, 1.82) is 0 Å². The van der Waals surface area contributed by atoms with Gasteiger partial charge in [-0.3, -0.25) is 0 Å². The molecule has 3 nitrogen and oxygen atoms in total. The van der Waals surface area contributed by atoms with Crippen LogP contribution >= 0.6 is 15.9 Å². The molecule has 3 aromatic carbocycles. The molecule has 128 valence electrons. The monoisotopic (exact) mass is 407 g/mol. The Hall–Kier alpha value is -2.54. The Morgan fingerprint density at radius 1 is 0.960 bits per heavy atom. The third kappa shape index (κ3) is 3.76. The van der Waals surface area contributed by atoms with E-state index in [1.165, 1.54) is 12.1 Å². The summed E-state index contributed by atoms with van der Waals surface area (Å²) < 4.78 is 38.7. The molecular weight excluding hydrogens is 395 g/mol. The van der Waals surface area contributed by atoms with Gasteiger partial charge in [-0.1, -0.05) is 42.5 Å². The number of alkyl halides is 3. The average molecular weight is 408 g/mol. The van der Waals surface area contributed by atoms with Crippen molar-refractivity contribution in [1.82, 2.24) is 0 Å². The molecule has 3 N–H and O–H groups in total. The van der Waals surface area contributed by atoms with Crippen LogP contribution in [0.15, 0.2) is 70.1 Å². The van der Waals surface area contributed by atoms with Gasteiger partial charge in [-0.25, -0.2) is 4.99 Å². The maximum absolute atomic E-state index is 13.0. The summed E-state index contributed by atoms with van der Waals surface area (Å²) in [4.78, 5) is 4.07. The lowest BCUT2D eigenvalue weighted by atomic mass is 10.1. The smallest absolute Gasteiger partial charge is 0.369 e. The summed E-state index contributed by atoms with van der Waals surface area (Å²) >= 11 is 2.96. The number of halogens is 4. The lowest BCUT2D eigenvalue weighted by molar-refractivity contribution is -0.138. The summed E-state index contributed by atoms with van der Waals surface area (Å²) in [7, 11) is 0. The van der Waals surface area contributed by atoms with Crippen LogP contribution in [0.3, 0.4) is 0 Å². The maximum Gasteiger partial charge on any atom is 0.417 e. The number of hydrogen-bond acceptors (Lipinski definition) is 1. The van der Waals surface area contributed by atoms with Crippen molar-refractivity contribution in [3.05, 3.63) is 70.7 Å². The summed E-state index contributed by atoms with van der Waals surface area (Å²) in [5, 5.41) is 4.90. The lowest BCUT2D eigenvalue weighted by Gasteiger charge is -2.12. The largest absolute Gasteiger partial charge is 0.417 e. The third-order valence-electron chi connectivity index (χ3n) is 3.58. The highest BCUT2D eigenvalue weighted by atomic mass is 79.9. The van der Waals surface area contributed by atoms with Crippen molar-refractivity contribution in [2.75, 3.05) is 5.32 Å². The number of nitrogens with zero attached hydrogens (tertiary/aromatic N) is 1. The zero-order chi connectivity index (χ0) is 18.0. The van der Waals surface area contributed by atoms with Gasteiger partial charge in [0.2, 0.25) is 0 Å². The van der Waals surface area contributed by atoms with Crippen molar-refractivity contribution in [2.45, 2.75) is 6.18 Å². The second-order valence-electron chi connectivity index (χ2n) is 5.29. The highest BCUT2D eigenvalue weighted by molar-refractivity contribution is 9.10. The number of guanidine groups is 1. The number of nitrogens with two attached hydrogens (primary N) is 1. The predicted molar refractivity (Wildman–Crippen MR) is 98.0 cm³/mol. The van der Waals surface area contributed by atoms with Gasteiger partial charge in [0.1, 0.15) is 0 Å². The standard InChI is InChI=1S/C18H13BrF3N3/c19-16-13(18(20,21)22)8-4-10-15(16)25-17(23)24-14-9-3-6-11-5-1-2-7-12(11)14/h1-10H,(H3,23,24,25). The van der Waals surface area contributed by atoms with Gasteiger partial charge in [-0.15, -0.1) is 0 Å². The summed E-state index contributed by atoms with van der Waals surface area (Å²) in [5.74, 6) is -0.00335. The van der Waals surface area contributed by atoms with Crippen molar-refractivity contribution in [3.63, 3.8) is 0 Å². The Morgan fingerprint density at radius 2 is 1.64 bits per heavy atom. The number of aliphatic imine (C=N–C) groups is 1. The van der Waals surface area contributed by atoms with Crippen LogP contribution in [0.25, 0.3) is 10.8 Å². The Morgan fingerprint density at radius 3 is 2.40 bits per heavy atom. The van der Waals surface area contributed by atoms with E-state index in [1.54, 1.807) is 0 Å². The molecule has 0 fully saturated rings. The predicted octanol–water partition coefficient (Wildman–Crippen LogP) is 5.68. The number of fused-ring (bicyclic) bond motifs is 1. The Kier molecular flexibility index (Phi) is 4.67. The van der Waals surface area contributed by atoms with Gasteiger partial charge in [-0.05, 0) is 39.5 Å². The van der Waals surface area contributed by atoms with Crippen molar-refractivity contribution >= 4 is 44.0 Å². The maximum atomic E-state index is 13.0. The summed E-state index contributed by atoms with van der Waals surface area (Å²) in [6, 6.07) is 17.1. The molecule has 0 amide bonds. The first-order valence-corrected chi connectivity index (χ1v) is 8.10. The highest BCUT2D eigenvalue weighted by Gasteiger charge is 2.33. The van der Waals surface area contributed by atoms with Gasteiger partial charge in [0.05, 0.1) is 15.7 Å². The van der Waals surface area contributed by atoms with Gasteiger partial charge >= 0.3 is 6.18 Å². The molecule has 0 aliphatic rings. The third-order valence-corrected chi connectivity index (χ3v) is 4.41. The van der Waals surface area contributed by atoms with Crippen molar-refractivity contribution < 1.29 is 13.2 Å². The molecule has 3 aromatic rings. The molecule has 0 aromatic heterocycles. The fourth-order valence-corrected chi connectivity index (χ4v) is 3.03. The van der Waals surface area contributed by atoms with E-state index in [0.29, 0.717) is 0 Å². The number of nitrogens with one attached hydrogen (secondary N) is 1. The van der Waals surface area contributed by atoms with Crippen LogP contribution in [0.1, 0.15) is 5.56 Å². The Balaban J connectivity index is 1.95. The van der Waals surface area contributed by atoms with Crippen LogP contribution in [0.5, 0.6) is 0 Å². The minimum atomic E-state index is -4.47. The van der Waals surface area contributed by atoms with Crippen molar-refractivity contribution in [3.8, 4) is 0 Å². The van der Waals surface area contributed by atoms with E-state index in [4.69, 9.17) is 5.73 Å². The van der Waals surface area contributed by atoms with Crippen LogP contribution in [0, 0.1) is 0 Å². The summed E-state index contributed by atoms with van der Waals surface area (Å²) in [5.41, 5.74) is 5.92. The van der Waals surface area contributed by atoms with Crippen molar-refractivity contribution in [2.24, 2.45) is 10.7 Å². The molecule has 0 heterocycles. The number of anilines is 1. The highest BCUT2D eigenvalue weighted by Crippen LogP contribution is 2.39. The molecule has 0 saturated heterocycles. The second-order valence-corrected chi connectivity index (χ2v) is 6.08. The van der Waals surface area contributed by atoms with Gasteiger partial charge in [-0.2, -0.15) is 13.2 Å². The number of hydrogen-bond donors (Lipinski definition) is 2. The quantitative estimate of drug-likeness (QED) is 0.424. The first-order chi connectivity index (χ1) is 11.9. The van der Waals surface area contributed by atoms with Crippen LogP contribution in [0.4, 0.5) is 24.5 Å². The van der Waals surface area contributed by atoms with Gasteiger partial charge in [0.15, 0.2) is 5.96 Å². The minimum absolute atomic E-state index is 0.00335. The van der Waals surface area contributed by atoms with E-state index in [0.717, 1.165) is 22.5 Å². The second kappa shape index (κ2) is 6.76. The summed E-state index contributed by atoms with van der Waals surface area (Å²) in [6.45, 7) is 0. The van der Waals surface area contributed by atoms with E-state index in [2.05, 4.69) is 26.2 Å². The van der Waals surface area contributed by atoms with E-state index in [-0.39, 0.29) is 16.1 Å².